The number of rotatable bonds is 18. The van der Waals surface area contributed by atoms with Crippen molar-refractivity contribution in [3.05, 3.63) is 0 Å². The number of aliphatic hydroxyl groups is 2. The molecule has 0 spiro atoms. The number of nitrogens with one attached hydrogen (secondary N) is 2. The molecule has 45 heavy (non-hydrogen) atoms. The van der Waals surface area contributed by atoms with Crippen molar-refractivity contribution in [3.8, 4) is 0 Å². The second-order valence-electron chi connectivity index (χ2n) is 10.9. The molecule has 1 fully saturated rings. The zero-order chi connectivity index (χ0) is 34.2. The van der Waals surface area contributed by atoms with Gasteiger partial charge in [0.2, 0.25) is 11.8 Å². The molecule has 262 valence electrons. The number of carbonyl (C=O) groups is 5. The van der Waals surface area contributed by atoms with Crippen LogP contribution in [0.5, 0.6) is 0 Å². The number of unbranched alkanes of at least 4 members (excludes halogenated alkanes) is 1. The van der Waals surface area contributed by atoms with Gasteiger partial charge in [-0.25, -0.2) is 0 Å². The van der Waals surface area contributed by atoms with E-state index in [1.807, 2.05) is 20.8 Å². The number of aliphatic hydroxyl groups excluding tert-OH is 2. The third-order valence-corrected chi connectivity index (χ3v) is 6.99. The van der Waals surface area contributed by atoms with E-state index in [0.29, 0.717) is 32.7 Å². The summed E-state index contributed by atoms with van der Waals surface area (Å²) in [6, 6.07) is 0. The third kappa shape index (κ3) is 23.2. The van der Waals surface area contributed by atoms with E-state index in [1.165, 1.54) is 0 Å². The highest BCUT2D eigenvalue weighted by Crippen LogP contribution is 2.06. The Morgan fingerprint density at radius 3 is 1.36 bits per heavy atom. The summed E-state index contributed by atoms with van der Waals surface area (Å²) in [6.07, 6.45) is -0.0961. The molecule has 0 aromatic heterocycles. The van der Waals surface area contributed by atoms with Crippen LogP contribution >= 0.6 is 0 Å². The van der Waals surface area contributed by atoms with E-state index in [4.69, 9.17) is 0 Å². The van der Waals surface area contributed by atoms with Crippen LogP contribution in [0.1, 0.15) is 52.9 Å². The van der Waals surface area contributed by atoms with Gasteiger partial charge >= 0.3 is 17.9 Å². The van der Waals surface area contributed by atoms with Crippen LogP contribution in [-0.2, 0) is 24.0 Å². The lowest BCUT2D eigenvalue weighted by molar-refractivity contribution is -0.140. The molecular weight excluding hydrogens is 592 g/mol. The van der Waals surface area contributed by atoms with Gasteiger partial charge in [0.05, 0.1) is 44.8 Å². The average Bonchev–Trinajstić information content (AvgIpc) is 2.94. The van der Waals surface area contributed by atoms with Crippen molar-refractivity contribution in [3.63, 3.8) is 0 Å². The Morgan fingerprint density at radius 1 is 0.600 bits per heavy atom. The van der Waals surface area contributed by atoms with Crippen molar-refractivity contribution in [2.24, 2.45) is 0 Å². The molecule has 0 saturated carbocycles. The quantitative estimate of drug-likeness (QED) is 0.0833. The largest absolute Gasteiger partial charge is 0.480 e. The van der Waals surface area contributed by atoms with E-state index in [2.05, 4.69) is 10.6 Å². The number of nitrogens with zero attached hydrogens (tertiary/aromatic N) is 4. The number of hydrogen-bond acceptors (Lipinski definition) is 11. The minimum absolute atomic E-state index is 0.00803. The Balaban J connectivity index is 0.00000947. The second kappa shape index (κ2) is 25.3. The van der Waals surface area contributed by atoms with Gasteiger partial charge < -0.3 is 36.2 Å². The molecule has 0 radical (unpaired) electrons. The van der Waals surface area contributed by atoms with E-state index in [1.54, 1.807) is 19.6 Å². The van der Waals surface area contributed by atoms with Crippen molar-refractivity contribution in [2.75, 3.05) is 91.6 Å². The van der Waals surface area contributed by atoms with Crippen molar-refractivity contribution in [1.29, 1.82) is 0 Å². The van der Waals surface area contributed by atoms with Crippen molar-refractivity contribution in [2.45, 2.75) is 65.1 Å². The smallest absolute Gasteiger partial charge is 0.317 e. The van der Waals surface area contributed by atoms with E-state index in [0.717, 1.165) is 12.8 Å². The van der Waals surface area contributed by atoms with Crippen molar-refractivity contribution < 1.29 is 49.5 Å². The van der Waals surface area contributed by atoms with Gasteiger partial charge in [-0.1, -0.05) is 27.2 Å². The molecule has 0 bridgehead atoms. The predicted molar refractivity (Wildman–Crippen MR) is 167 cm³/mol. The molecule has 0 aromatic carbocycles. The summed E-state index contributed by atoms with van der Waals surface area (Å²) < 4.78 is 0. The van der Waals surface area contributed by atoms with E-state index in [-0.39, 0.29) is 90.0 Å². The Bertz CT molecular complexity index is 848. The summed E-state index contributed by atoms with van der Waals surface area (Å²) in [6.45, 7) is 8.21. The average molecular weight is 649 g/mol. The zero-order valence-electron chi connectivity index (χ0n) is 27.2. The summed E-state index contributed by atoms with van der Waals surface area (Å²) >= 11 is 0. The van der Waals surface area contributed by atoms with Crippen LogP contribution < -0.4 is 10.6 Å². The molecule has 16 heteroatoms. The number of carboxylic acids is 3. The van der Waals surface area contributed by atoms with Gasteiger partial charge in [-0.3, -0.25) is 43.6 Å². The van der Waals surface area contributed by atoms with Crippen LogP contribution in [0.4, 0.5) is 0 Å². The van der Waals surface area contributed by atoms with Crippen molar-refractivity contribution in [1.82, 2.24) is 30.2 Å². The lowest BCUT2D eigenvalue weighted by atomic mass is 10.1. The van der Waals surface area contributed by atoms with Crippen LogP contribution in [0.25, 0.3) is 0 Å². The fraction of sp³-hybridized carbons (Fsp3) is 0.828. The Kier molecular flexibility index (Phi) is 23.7. The highest BCUT2D eigenvalue weighted by molar-refractivity contribution is 5.78. The van der Waals surface area contributed by atoms with E-state index >= 15 is 0 Å². The summed E-state index contributed by atoms with van der Waals surface area (Å²) in [5, 5.41) is 53.7. The molecule has 0 aliphatic carbocycles. The number of carbonyl (C=O) groups excluding carboxylic acids is 2. The van der Waals surface area contributed by atoms with Crippen LogP contribution in [-0.4, -0.2) is 179 Å². The van der Waals surface area contributed by atoms with Crippen LogP contribution in [0.3, 0.4) is 0 Å². The third-order valence-electron chi connectivity index (χ3n) is 6.99. The first kappa shape index (κ1) is 42.1. The lowest BCUT2D eigenvalue weighted by Crippen LogP contribution is -2.49. The number of amides is 2. The molecule has 2 atom stereocenters. The SMILES string of the molecule is CC.CCCCNC(=O)CC(O)CC(O)CCNC(=O)CN1CCN(CC(=O)O)CCN(CC(=O)O)CCN(CC(=O)O)CC1. The van der Waals surface area contributed by atoms with Gasteiger partial charge in [0.15, 0.2) is 0 Å². The molecule has 1 rings (SSSR count). The number of aliphatic carboxylic acids is 3. The predicted octanol–water partition coefficient (Wildman–Crippen LogP) is -1.59. The molecule has 1 aliphatic heterocycles. The van der Waals surface area contributed by atoms with Gasteiger partial charge in [0.1, 0.15) is 0 Å². The number of carboxylic acid groups (broad SMARTS) is 3. The topological polar surface area (TPSA) is 224 Å². The molecule has 1 saturated heterocycles. The maximum absolute atomic E-state index is 12.7. The first-order valence-corrected chi connectivity index (χ1v) is 15.8. The molecule has 1 aliphatic rings. The normalized spacial score (nSPS) is 17.4. The van der Waals surface area contributed by atoms with Crippen LogP contribution in [0.15, 0.2) is 0 Å². The highest BCUT2D eigenvalue weighted by Gasteiger charge is 2.21. The first-order chi connectivity index (χ1) is 21.4. The molecule has 7 N–H and O–H groups in total. The minimum Gasteiger partial charge on any atom is -0.480 e. The summed E-state index contributed by atoms with van der Waals surface area (Å²) in [5.41, 5.74) is 0. The zero-order valence-corrected chi connectivity index (χ0v) is 27.2. The van der Waals surface area contributed by atoms with Gasteiger partial charge in [-0.05, 0) is 19.3 Å². The molecule has 16 nitrogen and oxygen atoms in total. The highest BCUT2D eigenvalue weighted by atomic mass is 16.4. The minimum atomic E-state index is -1.03. The Morgan fingerprint density at radius 2 is 0.978 bits per heavy atom. The van der Waals surface area contributed by atoms with Gasteiger partial charge in [-0.2, -0.15) is 0 Å². The Labute approximate surface area is 266 Å². The first-order valence-electron chi connectivity index (χ1n) is 15.8. The fourth-order valence-corrected chi connectivity index (χ4v) is 4.63. The van der Waals surface area contributed by atoms with Crippen LogP contribution in [0.2, 0.25) is 0 Å². The van der Waals surface area contributed by atoms with Crippen molar-refractivity contribution >= 4 is 29.7 Å². The van der Waals surface area contributed by atoms with Gasteiger partial charge in [0.25, 0.3) is 0 Å². The lowest BCUT2D eigenvalue weighted by Gasteiger charge is -2.32. The standard InChI is InChI=1S/C27H50N6O10.C2H6/c1-2-3-5-28-23(36)16-22(35)15-21(34)4-6-29-24(37)17-30-7-9-31(18-25(38)39)11-13-33(20-27(42)43)14-12-32(10-8-30)19-26(40)41;1-2/h21-22,34-35H,2-20H2,1H3,(H,28,36)(H,29,37)(H,38,39)(H,40,41)(H,42,43);1-2H3. The molecule has 0 aromatic rings. The second-order valence-corrected chi connectivity index (χ2v) is 10.9. The fourth-order valence-electron chi connectivity index (χ4n) is 4.63. The molecular formula is C29H56N6O10. The summed E-state index contributed by atoms with van der Waals surface area (Å²) in [4.78, 5) is 65.4. The monoisotopic (exact) mass is 648 g/mol. The summed E-state index contributed by atoms with van der Waals surface area (Å²) in [7, 11) is 0. The van der Waals surface area contributed by atoms with Gasteiger partial charge in [0, 0.05) is 65.4 Å². The van der Waals surface area contributed by atoms with E-state index < -0.39 is 30.1 Å². The maximum Gasteiger partial charge on any atom is 0.317 e. The molecule has 1 heterocycles. The van der Waals surface area contributed by atoms with E-state index in [9.17, 15) is 49.5 Å². The maximum atomic E-state index is 12.7. The Hall–Kier alpha value is -2.89. The van der Waals surface area contributed by atoms with Gasteiger partial charge in [-0.15, -0.1) is 0 Å². The summed E-state index contributed by atoms with van der Waals surface area (Å²) in [5.74, 6) is -3.72. The van der Waals surface area contributed by atoms with Crippen LogP contribution in [0, 0.1) is 0 Å². The molecule has 2 amide bonds. The number of hydrogen-bond donors (Lipinski definition) is 7. The molecule has 2 unspecified atom stereocenters.